The molecule has 0 aromatic heterocycles. The molecule has 0 fully saturated rings. The number of phenolic OH excluding ortho intramolecular Hbond substituents is 1. The van der Waals surface area contributed by atoms with Gasteiger partial charge in [-0.2, -0.15) is 0 Å². The van der Waals surface area contributed by atoms with Gasteiger partial charge in [0.15, 0.2) is 0 Å². The molecule has 0 saturated heterocycles. The molecule has 0 saturated carbocycles. The molecule has 0 aliphatic heterocycles. The van der Waals surface area contributed by atoms with Gasteiger partial charge >= 0.3 is 0 Å². The molecule has 0 atom stereocenters. The summed E-state index contributed by atoms with van der Waals surface area (Å²) in [5.74, 6) is 0.810. The summed E-state index contributed by atoms with van der Waals surface area (Å²) in [6.45, 7) is 2.67. The van der Waals surface area contributed by atoms with E-state index in [-0.39, 0.29) is 5.75 Å². The minimum Gasteiger partial charge on any atom is -0.507 e. The molecule has 0 bridgehead atoms. The summed E-state index contributed by atoms with van der Waals surface area (Å²) in [5.41, 5.74) is 1.42. The van der Waals surface area contributed by atoms with Gasteiger partial charge in [-0.1, -0.05) is 18.5 Å². The molecular weight excluding hydrogens is 274 g/mol. The summed E-state index contributed by atoms with van der Waals surface area (Å²) >= 11 is 5.81. The fourth-order valence-corrected chi connectivity index (χ4v) is 1.74. The molecule has 1 N–H and O–H groups in total. The second kappa shape index (κ2) is 6.96. The van der Waals surface area contributed by atoms with E-state index in [1.165, 1.54) is 0 Å². The summed E-state index contributed by atoms with van der Waals surface area (Å²) in [6, 6.07) is 12.4. The average molecular weight is 290 g/mol. The second-order valence-electron chi connectivity index (χ2n) is 4.30. The summed E-state index contributed by atoms with van der Waals surface area (Å²) in [6.07, 6.45) is 2.54. The Morgan fingerprint density at radius 3 is 2.60 bits per heavy atom. The van der Waals surface area contributed by atoms with Crippen molar-refractivity contribution in [1.82, 2.24) is 0 Å². The molecule has 3 nitrogen and oxygen atoms in total. The van der Waals surface area contributed by atoms with E-state index in [0.717, 1.165) is 12.1 Å². The van der Waals surface area contributed by atoms with Gasteiger partial charge in [-0.15, -0.1) is 0 Å². The van der Waals surface area contributed by atoms with Gasteiger partial charge in [0, 0.05) is 22.9 Å². The zero-order valence-corrected chi connectivity index (χ0v) is 12.0. The van der Waals surface area contributed by atoms with Gasteiger partial charge in [0.25, 0.3) is 0 Å². The maximum atomic E-state index is 9.92. The number of hydrogen-bond donors (Lipinski definition) is 1. The molecule has 2 aromatic rings. The molecule has 0 aliphatic carbocycles. The van der Waals surface area contributed by atoms with Crippen LogP contribution in [0.3, 0.4) is 0 Å². The first-order chi connectivity index (χ1) is 9.69. The number of nitrogens with zero attached hydrogens (tertiary/aromatic N) is 1. The molecule has 104 valence electrons. The zero-order chi connectivity index (χ0) is 14.4. The zero-order valence-electron chi connectivity index (χ0n) is 11.2. The normalized spacial score (nSPS) is 10.9. The van der Waals surface area contributed by atoms with Gasteiger partial charge in [0.2, 0.25) is 0 Å². The summed E-state index contributed by atoms with van der Waals surface area (Å²) in [4.78, 5) is 4.29. The van der Waals surface area contributed by atoms with Crippen LogP contribution in [-0.4, -0.2) is 17.9 Å². The first-order valence-corrected chi connectivity index (χ1v) is 6.82. The van der Waals surface area contributed by atoms with Crippen LogP contribution in [0.1, 0.15) is 18.9 Å². The average Bonchev–Trinajstić information content (AvgIpc) is 2.46. The maximum absolute atomic E-state index is 9.92. The van der Waals surface area contributed by atoms with E-state index < -0.39 is 0 Å². The Balaban J connectivity index is 2.11. The molecule has 20 heavy (non-hydrogen) atoms. The Labute approximate surface area is 123 Å². The van der Waals surface area contributed by atoms with E-state index in [4.69, 9.17) is 16.3 Å². The lowest BCUT2D eigenvalue weighted by Gasteiger charge is -2.06. The first kappa shape index (κ1) is 14.4. The van der Waals surface area contributed by atoms with Crippen molar-refractivity contribution in [3.8, 4) is 11.5 Å². The number of ether oxygens (including phenoxy) is 1. The van der Waals surface area contributed by atoms with Crippen molar-refractivity contribution in [1.29, 1.82) is 0 Å². The number of benzene rings is 2. The third kappa shape index (κ3) is 4.00. The van der Waals surface area contributed by atoms with Crippen molar-refractivity contribution in [2.45, 2.75) is 13.3 Å². The van der Waals surface area contributed by atoms with Gasteiger partial charge in [0.05, 0.1) is 12.3 Å². The predicted molar refractivity (Wildman–Crippen MR) is 82.6 cm³/mol. The highest BCUT2D eigenvalue weighted by Crippen LogP contribution is 2.23. The first-order valence-electron chi connectivity index (χ1n) is 6.44. The maximum Gasteiger partial charge on any atom is 0.128 e. The number of hydrogen-bond acceptors (Lipinski definition) is 3. The van der Waals surface area contributed by atoms with E-state index in [0.29, 0.717) is 22.9 Å². The van der Waals surface area contributed by atoms with Gasteiger partial charge in [-0.25, -0.2) is 0 Å². The minimum absolute atomic E-state index is 0.149. The van der Waals surface area contributed by atoms with Crippen LogP contribution in [0.2, 0.25) is 5.02 Å². The quantitative estimate of drug-likeness (QED) is 0.818. The summed E-state index contributed by atoms with van der Waals surface area (Å²) in [7, 11) is 0. The Bertz CT molecular complexity index is 594. The molecule has 2 rings (SSSR count). The van der Waals surface area contributed by atoms with E-state index in [1.807, 2.05) is 25.1 Å². The molecule has 0 radical (unpaired) electrons. The highest BCUT2D eigenvalue weighted by Gasteiger charge is 2.01. The largest absolute Gasteiger partial charge is 0.507 e. The van der Waals surface area contributed by atoms with Crippen LogP contribution in [0.5, 0.6) is 11.5 Å². The van der Waals surface area contributed by atoms with Crippen molar-refractivity contribution < 1.29 is 9.84 Å². The fourth-order valence-electron chi connectivity index (χ4n) is 1.61. The highest BCUT2D eigenvalue weighted by atomic mass is 35.5. The molecule has 0 aliphatic rings. The van der Waals surface area contributed by atoms with Crippen LogP contribution < -0.4 is 4.74 Å². The molecule has 0 unspecified atom stereocenters. The molecule has 0 heterocycles. The van der Waals surface area contributed by atoms with Crippen molar-refractivity contribution >= 4 is 23.5 Å². The van der Waals surface area contributed by atoms with Crippen LogP contribution in [0.15, 0.2) is 47.5 Å². The Morgan fingerprint density at radius 2 is 1.95 bits per heavy atom. The third-order valence-electron chi connectivity index (χ3n) is 2.65. The lowest BCUT2D eigenvalue weighted by atomic mass is 10.2. The van der Waals surface area contributed by atoms with Gasteiger partial charge in [0.1, 0.15) is 11.5 Å². The Hall–Kier alpha value is -2.00. The number of rotatable bonds is 5. The topological polar surface area (TPSA) is 41.8 Å². The van der Waals surface area contributed by atoms with Crippen molar-refractivity contribution in [2.75, 3.05) is 6.61 Å². The molecular formula is C16H16ClNO2. The monoisotopic (exact) mass is 289 g/mol. The molecule has 2 aromatic carbocycles. The highest BCUT2D eigenvalue weighted by molar-refractivity contribution is 6.30. The molecule has 0 spiro atoms. The fraction of sp³-hybridized carbons (Fsp3) is 0.188. The smallest absolute Gasteiger partial charge is 0.128 e. The molecule has 4 heteroatoms. The Kier molecular flexibility index (Phi) is 5.02. The van der Waals surface area contributed by atoms with Gasteiger partial charge < -0.3 is 9.84 Å². The van der Waals surface area contributed by atoms with Crippen molar-refractivity contribution in [3.63, 3.8) is 0 Å². The summed E-state index contributed by atoms with van der Waals surface area (Å²) < 4.78 is 5.45. The summed E-state index contributed by atoms with van der Waals surface area (Å²) in [5, 5.41) is 10.6. The minimum atomic E-state index is 0.149. The lowest BCUT2D eigenvalue weighted by Crippen LogP contribution is -1.95. The lowest BCUT2D eigenvalue weighted by molar-refractivity contribution is 0.315. The van der Waals surface area contributed by atoms with Crippen molar-refractivity contribution in [3.05, 3.63) is 53.1 Å². The van der Waals surface area contributed by atoms with E-state index >= 15 is 0 Å². The second-order valence-corrected chi connectivity index (χ2v) is 4.74. The SMILES string of the molecule is CCCOc1ccc(C=Nc2ccc(Cl)cc2)c(O)c1. The van der Waals surface area contributed by atoms with Crippen LogP contribution in [0.25, 0.3) is 0 Å². The third-order valence-corrected chi connectivity index (χ3v) is 2.91. The standard InChI is InChI=1S/C16H16ClNO2/c1-2-9-20-15-8-3-12(16(19)10-15)11-18-14-6-4-13(17)5-7-14/h3-8,10-11,19H,2,9H2,1H3. The van der Waals surface area contributed by atoms with Crippen LogP contribution in [-0.2, 0) is 0 Å². The number of aliphatic imine (C=N–C) groups is 1. The predicted octanol–water partition coefficient (Wildman–Crippen LogP) is 4.59. The number of aromatic hydroxyl groups is 1. The Morgan fingerprint density at radius 1 is 1.20 bits per heavy atom. The van der Waals surface area contributed by atoms with Gasteiger partial charge in [-0.3, -0.25) is 4.99 Å². The van der Waals surface area contributed by atoms with Crippen LogP contribution in [0, 0.1) is 0 Å². The number of phenols is 1. The van der Waals surface area contributed by atoms with Crippen molar-refractivity contribution in [2.24, 2.45) is 4.99 Å². The van der Waals surface area contributed by atoms with E-state index in [9.17, 15) is 5.11 Å². The van der Waals surface area contributed by atoms with E-state index in [1.54, 1.807) is 30.5 Å². The molecule has 0 amide bonds. The van der Waals surface area contributed by atoms with E-state index in [2.05, 4.69) is 4.99 Å². The van der Waals surface area contributed by atoms with Crippen LogP contribution in [0.4, 0.5) is 5.69 Å². The van der Waals surface area contributed by atoms with Gasteiger partial charge in [-0.05, 0) is 42.8 Å². The van der Waals surface area contributed by atoms with Crippen LogP contribution >= 0.6 is 11.6 Å². The number of halogens is 1.